The van der Waals surface area contributed by atoms with Crippen molar-refractivity contribution < 1.29 is 22.8 Å². The van der Waals surface area contributed by atoms with Crippen LogP contribution in [0.2, 0.25) is 0 Å². The second-order valence-electron chi connectivity index (χ2n) is 7.39. The Hall–Kier alpha value is -2.55. The molecule has 11 nitrogen and oxygen atoms in total. The molecule has 33 heavy (non-hydrogen) atoms. The number of aromatic nitrogens is 2. The van der Waals surface area contributed by atoms with E-state index in [1.165, 1.54) is 34.3 Å². The second kappa shape index (κ2) is 11.0. The summed E-state index contributed by atoms with van der Waals surface area (Å²) in [6.07, 6.45) is 2.06. The largest absolute Gasteiger partial charge is 0.326 e. The van der Waals surface area contributed by atoms with E-state index in [9.17, 15) is 22.8 Å². The average molecular weight is 513 g/mol. The second-order valence-corrected chi connectivity index (χ2v) is 11.6. The summed E-state index contributed by atoms with van der Waals surface area (Å²) in [4.78, 5) is 35.7. The van der Waals surface area contributed by atoms with Crippen molar-refractivity contribution in [1.82, 2.24) is 14.5 Å². The van der Waals surface area contributed by atoms with E-state index in [1.807, 2.05) is 0 Å². The Bertz CT molecular complexity index is 1110. The monoisotopic (exact) mass is 512 g/mol. The third-order valence-corrected chi connectivity index (χ3v) is 8.02. The summed E-state index contributed by atoms with van der Waals surface area (Å²) in [5.74, 6) is -0.791. The summed E-state index contributed by atoms with van der Waals surface area (Å²) in [5, 5.41) is 16.4. The highest BCUT2D eigenvalue weighted by molar-refractivity contribution is 8.01. The first-order valence-electron chi connectivity index (χ1n) is 10.00. The SMILES string of the molecule is CC(=O)Nc1ccc(NC(=O)CSc2nnc(NC(=O)C3CCN(S(C)(=O)=O)CC3)s2)cc1. The molecule has 0 aliphatic carbocycles. The van der Waals surface area contributed by atoms with Gasteiger partial charge in [-0.25, -0.2) is 12.7 Å². The van der Waals surface area contributed by atoms with E-state index in [4.69, 9.17) is 0 Å². The van der Waals surface area contributed by atoms with Crippen molar-refractivity contribution in [3.8, 4) is 0 Å². The van der Waals surface area contributed by atoms with Crippen LogP contribution in [-0.2, 0) is 24.4 Å². The predicted molar refractivity (Wildman–Crippen MR) is 128 cm³/mol. The first kappa shape index (κ1) is 25.1. The number of rotatable bonds is 8. The lowest BCUT2D eigenvalue weighted by Gasteiger charge is -2.29. The first-order chi connectivity index (χ1) is 15.6. The highest BCUT2D eigenvalue weighted by atomic mass is 32.2. The number of sulfonamides is 1. The zero-order valence-corrected chi connectivity index (χ0v) is 20.5. The van der Waals surface area contributed by atoms with Gasteiger partial charge in [0.15, 0.2) is 4.34 Å². The fourth-order valence-electron chi connectivity index (χ4n) is 3.14. The van der Waals surface area contributed by atoms with Gasteiger partial charge in [-0.1, -0.05) is 23.1 Å². The molecule has 0 atom stereocenters. The van der Waals surface area contributed by atoms with Crippen LogP contribution in [0.25, 0.3) is 0 Å². The molecule has 0 radical (unpaired) electrons. The molecule has 1 aromatic carbocycles. The number of benzene rings is 1. The minimum Gasteiger partial charge on any atom is -0.326 e. The van der Waals surface area contributed by atoms with E-state index < -0.39 is 10.0 Å². The Morgan fingerprint density at radius 3 is 2.24 bits per heavy atom. The average Bonchev–Trinajstić information content (AvgIpc) is 3.20. The fourth-order valence-corrected chi connectivity index (χ4v) is 5.57. The lowest BCUT2D eigenvalue weighted by atomic mass is 9.97. The molecule has 2 aromatic rings. The van der Waals surface area contributed by atoms with E-state index in [2.05, 4.69) is 26.1 Å². The molecule has 3 rings (SSSR count). The number of carbonyl (C=O) groups excluding carboxylic acids is 3. The van der Waals surface area contributed by atoms with Crippen molar-refractivity contribution in [2.75, 3.05) is 41.0 Å². The quantitative estimate of drug-likeness (QED) is 0.358. The lowest BCUT2D eigenvalue weighted by Crippen LogP contribution is -2.40. The number of hydrogen-bond acceptors (Lipinski definition) is 9. The van der Waals surface area contributed by atoms with Crippen molar-refractivity contribution in [3.63, 3.8) is 0 Å². The van der Waals surface area contributed by atoms with E-state index in [0.29, 0.717) is 46.8 Å². The maximum Gasteiger partial charge on any atom is 0.234 e. The van der Waals surface area contributed by atoms with Crippen LogP contribution in [0, 0.1) is 5.92 Å². The van der Waals surface area contributed by atoms with E-state index >= 15 is 0 Å². The van der Waals surface area contributed by atoms with E-state index in [0.717, 1.165) is 6.26 Å². The van der Waals surface area contributed by atoms with Gasteiger partial charge in [0.25, 0.3) is 0 Å². The molecule has 178 valence electrons. The van der Waals surface area contributed by atoms with Crippen molar-refractivity contribution >= 4 is 67.3 Å². The van der Waals surface area contributed by atoms with Crippen LogP contribution < -0.4 is 16.0 Å². The topological polar surface area (TPSA) is 150 Å². The van der Waals surface area contributed by atoms with Gasteiger partial charge in [0.1, 0.15) is 0 Å². The molecule has 3 N–H and O–H groups in total. The summed E-state index contributed by atoms with van der Waals surface area (Å²) < 4.78 is 25.1. The number of carbonyl (C=O) groups is 3. The van der Waals surface area contributed by atoms with Crippen LogP contribution in [0.15, 0.2) is 28.6 Å². The zero-order chi connectivity index (χ0) is 24.0. The molecule has 0 bridgehead atoms. The van der Waals surface area contributed by atoms with Gasteiger partial charge >= 0.3 is 0 Å². The van der Waals surface area contributed by atoms with Crippen LogP contribution in [0.5, 0.6) is 0 Å². The van der Waals surface area contributed by atoms with Crippen LogP contribution in [-0.4, -0.2) is 65.7 Å². The molecule has 0 saturated carbocycles. The molecule has 1 saturated heterocycles. The number of amides is 3. The molecule has 0 spiro atoms. The minimum atomic E-state index is -3.24. The summed E-state index contributed by atoms with van der Waals surface area (Å²) >= 11 is 2.37. The minimum absolute atomic E-state index is 0.111. The van der Waals surface area contributed by atoms with Crippen molar-refractivity contribution in [2.45, 2.75) is 24.1 Å². The number of nitrogens with one attached hydrogen (secondary N) is 3. The zero-order valence-electron chi connectivity index (χ0n) is 18.0. The Kier molecular flexibility index (Phi) is 8.40. The van der Waals surface area contributed by atoms with Gasteiger partial charge in [-0.2, -0.15) is 0 Å². The third kappa shape index (κ3) is 7.77. The van der Waals surface area contributed by atoms with E-state index in [-0.39, 0.29) is 29.4 Å². The lowest BCUT2D eigenvalue weighted by molar-refractivity contribution is -0.121. The summed E-state index contributed by atoms with van der Waals surface area (Å²) in [6.45, 7) is 2.06. The molecular formula is C19H24N6O5S3. The summed E-state index contributed by atoms with van der Waals surface area (Å²) in [6, 6.07) is 6.75. The van der Waals surface area contributed by atoms with Gasteiger partial charge < -0.3 is 16.0 Å². The molecule has 3 amide bonds. The number of nitrogens with zero attached hydrogens (tertiary/aromatic N) is 3. The maximum absolute atomic E-state index is 12.5. The number of thioether (sulfide) groups is 1. The summed E-state index contributed by atoms with van der Waals surface area (Å²) in [5.41, 5.74) is 1.24. The molecule has 1 aliphatic heterocycles. The van der Waals surface area contributed by atoms with Gasteiger partial charge in [0.2, 0.25) is 32.9 Å². The van der Waals surface area contributed by atoms with Gasteiger partial charge in [-0.05, 0) is 37.1 Å². The van der Waals surface area contributed by atoms with E-state index in [1.54, 1.807) is 24.3 Å². The third-order valence-electron chi connectivity index (χ3n) is 4.75. The Labute approximate surface area is 199 Å². The highest BCUT2D eigenvalue weighted by Crippen LogP contribution is 2.27. The van der Waals surface area contributed by atoms with Crippen LogP contribution in [0.4, 0.5) is 16.5 Å². The van der Waals surface area contributed by atoms with Gasteiger partial charge in [-0.3, -0.25) is 14.4 Å². The molecule has 0 unspecified atom stereocenters. The summed E-state index contributed by atoms with van der Waals surface area (Å²) in [7, 11) is -3.24. The Morgan fingerprint density at radius 1 is 1.06 bits per heavy atom. The fraction of sp³-hybridized carbons (Fsp3) is 0.421. The van der Waals surface area contributed by atoms with Gasteiger partial charge in [0, 0.05) is 37.3 Å². The number of hydrogen-bond donors (Lipinski definition) is 3. The van der Waals surface area contributed by atoms with Crippen molar-refractivity contribution in [1.29, 1.82) is 0 Å². The predicted octanol–water partition coefficient (Wildman–Crippen LogP) is 1.84. The van der Waals surface area contributed by atoms with Crippen molar-refractivity contribution in [2.24, 2.45) is 5.92 Å². The Balaban J connectivity index is 1.42. The number of anilines is 3. The molecule has 1 aromatic heterocycles. The van der Waals surface area contributed by atoms with Crippen LogP contribution in [0.3, 0.4) is 0 Å². The van der Waals surface area contributed by atoms with Crippen LogP contribution >= 0.6 is 23.1 Å². The standard InChI is InChI=1S/C19H24N6O5S3/c1-12(26)20-14-3-5-15(6-4-14)21-16(27)11-31-19-24-23-18(32-19)22-17(28)13-7-9-25(10-8-13)33(2,29)30/h3-6,13H,7-11H2,1-2H3,(H,20,26)(H,21,27)(H,22,23,28). The Morgan fingerprint density at radius 2 is 1.67 bits per heavy atom. The van der Waals surface area contributed by atoms with Crippen molar-refractivity contribution in [3.05, 3.63) is 24.3 Å². The molecule has 1 fully saturated rings. The molecule has 2 heterocycles. The van der Waals surface area contributed by atoms with Crippen LogP contribution in [0.1, 0.15) is 19.8 Å². The molecule has 14 heteroatoms. The first-order valence-corrected chi connectivity index (χ1v) is 13.6. The van der Waals surface area contributed by atoms with Gasteiger partial charge in [0.05, 0.1) is 12.0 Å². The highest BCUT2D eigenvalue weighted by Gasteiger charge is 2.29. The maximum atomic E-state index is 12.5. The smallest absolute Gasteiger partial charge is 0.234 e. The molecule has 1 aliphatic rings. The van der Waals surface area contributed by atoms with Gasteiger partial charge in [-0.15, -0.1) is 10.2 Å². The number of piperidine rings is 1. The normalized spacial score (nSPS) is 15.1. The molecular weight excluding hydrogens is 488 g/mol.